The van der Waals surface area contributed by atoms with Gasteiger partial charge in [0.15, 0.2) is 0 Å². The number of rotatable bonds is 4. The molecule has 16 heavy (non-hydrogen) atoms. The summed E-state index contributed by atoms with van der Waals surface area (Å²) in [7, 11) is 0. The van der Waals surface area contributed by atoms with E-state index < -0.39 is 0 Å². The Balaban J connectivity index is 2.29. The fourth-order valence-electron chi connectivity index (χ4n) is 1.60. The molecule has 1 aromatic carbocycles. The van der Waals surface area contributed by atoms with E-state index in [4.69, 9.17) is 0 Å². The minimum atomic E-state index is 0.237. The van der Waals surface area contributed by atoms with Crippen LogP contribution in [0.5, 0.6) is 0 Å². The van der Waals surface area contributed by atoms with E-state index in [2.05, 4.69) is 10.3 Å². The Labute approximate surface area is 93.9 Å². The van der Waals surface area contributed by atoms with Gasteiger partial charge in [0, 0.05) is 6.42 Å². The third-order valence-corrected chi connectivity index (χ3v) is 2.58. The van der Waals surface area contributed by atoms with E-state index in [0.29, 0.717) is 6.42 Å². The maximum absolute atomic E-state index is 10.5. The predicted octanol–water partition coefficient (Wildman–Crippen LogP) is 1.96. The Hall–Kier alpha value is -1.97. The number of hydrogen-bond donors (Lipinski definition) is 0. The van der Waals surface area contributed by atoms with Crippen LogP contribution in [0.3, 0.4) is 0 Å². The number of carbonyl (C=O) groups is 1. The van der Waals surface area contributed by atoms with Gasteiger partial charge in [-0.1, -0.05) is 24.3 Å². The predicted molar refractivity (Wildman–Crippen MR) is 60.5 cm³/mol. The fourth-order valence-corrected chi connectivity index (χ4v) is 1.60. The average Bonchev–Trinajstić information content (AvgIpc) is 2.83. The largest absolute Gasteiger partial charge is 0.303 e. The molecular formula is C12H13N3O. The van der Waals surface area contributed by atoms with Gasteiger partial charge in [-0.2, -0.15) is 0 Å². The van der Waals surface area contributed by atoms with Gasteiger partial charge in [0.2, 0.25) is 0 Å². The Morgan fingerprint density at radius 1 is 1.50 bits per heavy atom. The monoisotopic (exact) mass is 215 g/mol. The highest BCUT2D eigenvalue weighted by Gasteiger charge is 2.06. The lowest BCUT2D eigenvalue weighted by Gasteiger charge is -2.09. The topological polar surface area (TPSA) is 47.8 Å². The first-order valence-corrected chi connectivity index (χ1v) is 5.21. The van der Waals surface area contributed by atoms with Crippen molar-refractivity contribution in [3.8, 4) is 5.69 Å². The zero-order valence-electron chi connectivity index (χ0n) is 9.08. The standard InChI is InChI=1S/C12H13N3O/c1-10(5-8-16)11-3-2-4-12(9-11)15-7-6-13-14-15/h2-4,6-10H,5H2,1H3. The van der Waals surface area contributed by atoms with Crippen LogP contribution in [0.25, 0.3) is 5.69 Å². The molecule has 1 aromatic heterocycles. The van der Waals surface area contributed by atoms with Gasteiger partial charge < -0.3 is 4.79 Å². The summed E-state index contributed by atoms with van der Waals surface area (Å²) in [5.74, 6) is 0.237. The van der Waals surface area contributed by atoms with Gasteiger partial charge in [-0.05, 0) is 23.6 Å². The van der Waals surface area contributed by atoms with Crippen LogP contribution in [0.4, 0.5) is 0 Å². The summed E-state index contributed by atoms with van der Waals surface area (Å²) in [5, 5.41) is 7.70. The van der Waals surface area contributed by atoms with E-state index >= 15 is 0 Å². The number of hydrogen-bond acceptors (Lipinski definition) is 3. The molecule has 0 aliphatic heterocycles. The molecule has 2 rings (SSSR count). The quantitative estimate of drug-likeness (QED) is 0.732. The molecule has 0 aliphatic carbocycles. The zero-order valence-corrected chi connectivity index (χ0v) is 9.08. The van der Waals surface area contributed by atoms with Gasteiger partial charge in [0.25, 0.3) is 0 Å². The fraction of sp³-hybridized carbons (Fsp3) is 0.250. The molecular weight excluding hydrogens is 202 g/mol. The second-order valence-electron chi connectivity index (χ2n) is 3.75. The van der Waals surface area contributed by atoms with Crippen molar-refractivity contribution in [2.24, 2.45) is 0 Å². The molecule has 0 amide bonds. The van der Waals surface area contributed by atoms with Crippen molar-refractivity contribution in [2.75, 3.05) is 0 Å². The van der Waals surface area contributed by atoms with Crippen molar-refractivity contribution in [2.45, 2.75) is 19.3 Å². The first-order valence-electron chi connectivity index (χ1n) is 5.21. The molecule has 0 fully saturated rings. The Bertz CT molecular complexity index is 465. The maximum Gasteiger partial charge on any atom is 0.120 e. The molecule has 1 unspecified atom stereocenters. The first-order chi connectivity index (χ1) is 7.81. The van der Waals surface area contributed by atoms with E-state index in [1.807, 2.05) is 31.2 Å². The Morgan fingerprint density at radius 3 is 3.06 bits per heavy atom. The smallest absolute Gasteiger partial charge is 0.120 e. The van der Waals surface area contributed by atoms with E-state index in [9.17, 15) is 4.79 Å². The van der Waals surface area contributed by atoms with Crippen LogP contribution in [-0.2, 0) is 4.79 Å². The van der Waals surface area contributed by atoms with Crippen LogP contribution >= 0.6 is 0 Å². The molecule has 0 spiro atoms. The molecule has 2 aromatic rings. The van der Waals surface area contributed by atoms with Gasteiger partial charge in [0.05, 0.1) is 18.1 Å². The molecule has 4 heteroatoms. The highest BCUT2D eigenvalue weighted by Crippen LogP contribution is 2.20. The molecule has 1 atom stereocenters. The van der Waals surface area contributed by atoms with Gasteiger partial charge in [-0.3, -0.25) is 0 Å². The minimum Gasteiger partial charge on any atom is -0.303 e. The summed E-state index contributed by atoms with van der Waals surface area (Å²) in [6, 6.07) is 7.98. The normalized spacial score (nSPS) is 12.3. The molecule has 82 valence electrons. The summed E-state index contributed by atoms with van der Waals surface area (Å²) >= 11 is 0. The van der Waals surface area contributed by atoms with Crippen LogP contribution in [0.1, 0.15) is 24.8 Å². The maximum atomic E-state index is 10.5. The second kappa shape index (κ2) is 4.70. The lowest BCUT2D eigenvalue weighted by Crippen LogP contribution is -1.99. The SMILES string of the molecule is CC(CC=O)c1cccc(-n2ccnn2)c1. The van der Waals surface area contributed by atoms with E-state index in [1.165, 1.54) is 0 Å². The summed E-state index contributed by atoms with van der Waals surface area (Å²) in [6.45, 7) is 2.04. The molecule has 4 nitrogen and oxygen atoms in total. The number of carbonyl (C=O) groups excluding carboxylic acids is 1. The molecule has 0 radical (unpaired) electrons. The highest BCUT2D eigenvalue weighted by molar-refractivity contribution is 5.52. The van der Waals surface area contributed by atoms with Gasteiger partial charge in [-0.25, -0.2) is 4.68 Å². The Morgan fingerprint density at radius 2 is 2.38 bits per heavy atom. The van der Waals surface area contributed by atoms with E-state index in [1.54, 1.807) is 17.1 Å². The van der Waals surface area contributed by atoms with Crippen LogP contribution < -0.4 is 0 Å². The highest BCUT2D eigenvalue weighted by atomic mass is 16.1. The summed E-state index contributed by atoms with van der Waals surface area (Å²) < 4.78 is 1.71. The van der Waals surface area contributed by atoms with Crippen molar-refractivity contribution in [1.29, 1.82) is 0 Å². The number of benzene rings is 1. The number of nitrogens with zero attached hydrogens (tertiary/aromatic N) is 3. The third-order valence-electron chi connectivity index (χ3n) is 2.58. The molecule has 0 aliphatic rings. The lowest BCUT2D eigenvalue weighted by atomic mass is 9.98. The molecule has 0 N–H and O–H groups in total. The van der Waals surface area contributed by atoms with Gasteiger partial charge >= 0.3 is 0 Å². The van der Waals surface area contributed by atoms with Crippen LogP contribution in [0, 0.1) is 0 Å². The second-order valence-corrected chi connectivity index (χ2v) is 3.75. The van der Waals surface area contributed by atoms with E-state index in [-0.39, 0.29) is 5.92 Å². The number of aromatic nitrogens is 3. The number of aldehydes is 1. The average molecular weight is 215 g/mol. The van der Waals surface area contributed by atoms with Crippen LogP contribution in [0.15, 0.2) is 36.7 Å². The molecule has 0 saturated heterocycles. The van der Waals surface area contributed by atoms with Crippen molar-refractivity contribution in [3.05, 3.63) is 42.2 Å². The van der Waals surface area contributed by atoms with Gasteiger partial charge in [0.1, 0.15) is 6.29 Å². The minimum absolute atomic E-state index is 0.237. The molecule has 0 bridgehead atoms. The van der Waals surface area contributed by atoms with Crippen molar-refractivity contribution in [1.82, 2.24) is 15.0 Å². The van der Waals surface area contributed by atoms with E-state index in [0.717, 1.165) is 17.5 Å². The first kappa shape index (κ1) is 10.5. The Kier molecular flexibility index (Phi) is 3.10. The third kappa shape index (κ3) is 2.16. The van der Waals surface area contributed by atoms with Crippen LogP contribution in [-0.4, -0.2) is 21.3 Å². The van der Waals surface area contributed by atoms with Crippen molar-refractivity contribution in [3.63, 3.8) is 0 Å². The van der Waals surface area contributed by atoms with Crippen molar-refractivity contribution < 1.29 is 4.79 Å². The summed E-state index contributed by atoms with van der Waals surface area (Å²) in [6.07, 6.45) is 4.93. The molecule has 0 saturated carbocycles. The molecule has 1 heterocycles. The summed E-state index contributed by atoms with van der Waals surface area (Å²) in [5.41, 5.74) is 2.10. The van der Waals surface area contributed by atoms with Crippen LogP contribution in [0.2, 0.25) is 0 Å². The zero-order chi connectivity index (χ0) is 11.4. The summed E-state index contributed by atoms with van der Waals surface area (Å²) in [4.78, 5) is 10.5. The lowest BCUT2D eigenvalue weighted by molar-refractivity contribution is -0.108. The van der Waals surface area contributed by atoms with Crippen molar-refractivity contribution >= 4 is 6.29 Å². The van der Waals surface area contributed by atoms with Gasteiger partial charge in [-0.15, -0.1) is 5.10 Å².